The molecule has 1 aromatic heterocycles. The van der Waals surface area contributed by atoms with Crippen LogP contribution in [-0.4, -0.2) is 33.8 Å². The van der Waals surface area contributed by atoms with E-state index >= 15 is 0 Å². The minimum Gasteiger partial charge on any atom is -0.467 e. The Bertz CT molecular complexity index is 1250. The fraction of sp³-hybridized carbons (Fsp3) is 0.167. The second kappa shape index (κ2) is 9.25. The molecule has 0 unspecified atom stereocenters. The van der Waals surface area contributed by atoms with E-state index in [4.69, 9.17) is 21.0 Å². The Morgan fingerprint density at radius 3 is 2.73 bits per heavy atom. The number of halogens is 1. The predicted molar refractivity (Wildman–Crippen MR) is 129 cm³/mol. The maximum absolute atomic E-state index is 13.3. The normalized spacial score (nSPS) is 16.7. The van der Waals surface area contributed by atoms with Gasteiger partial charge in [0.1, 0.15) is 17.6 Å². The Labute approximate surface area is 199 Å². The number of nitrogens with one attached hydrogen (secondary N) is 1. The SMILES string of the molecule is O=C(C[C@H]1N=C2c3ccccc3N=C(SCc3ccc(Cl)cc3)N2C1=O)NCc1ccco1. The van der Waals surface area contributed by atoms with Gasteiger partial charge in [-0.25, -0.2) is 9.89 Å². The largest absolute Gasteiger partial charge is 0.467 e. The molecule has 7 nitrogen and oxygen atoms in total. The molecule has 166 valence electrons. The molecule has 0 bridgehead atoms. The van der Waals surface area contributed by atoms with Gasteiger partial charge in [-0.3, -0.25) is 14.6 Å². The highest BCUT2D eigenvalue weighted by Crippen LogP contribution is 2.35. The summed E-state index contributed by atoms with van der Waals surface area (Å²) in [5, 5.41) is 3.99. The molecular weight excluding hydrogens is 460 g/mol. The molecule has 1 atom stereocenters. The molecule has 33 heavy (non-hydrogen) atoms. The molecule has 0 saturated carbocycles. The molecule has 2 aliphatic heterocycles. The summed E-state index contributed by atoms with van der Waals surface area (Å²) in [7, 11) is 0. The monoisotopic (exact) mass is 478 g/mol. The molecule has 3 aromatic rings. The smallest absolute Gasteiger partial charge is 0.259 e. The van der Waals surface area contributed by atoms with E-state index in [1.807, 2.05) is 48.5 Å². The van der Waals surface area contributed by atoms with Gasteiger partial charge in [0.25, 0.3) is 5.91 Å². The van der Waals surface area contributed by atoms with Gasteiger partial charge >= 0.3 is 0 Å². The number of carbonyl (C=O) groups excluding carboxylic acids is 2. The lowest BCUT2D eigenvalue weighted by molar-refractivity contribution is -0.128. The Morgan fingerprint density at radius 2 is 1.94 bits per heavy atom. The van der Waals surface area contributed by atoms with Crippen LogP contribution < -0.4 is 5.32 Å². The maximum Gasteiger partial charge on any atom is 0.259 e. The van der Waals surface area contributed by atoms with Gasteiger partial charge in [0, 0.05) is 16.3 Å². The quantitative estimate of drug-likeness (QED) is 0.563. The van der Waals surface area contributed by atoms with Crippen LogP contribution in [0, 0.1) is 0 Å². The van der Waals surface area contributed by atoms with Gasteiger partial charge in [0.05, 0.1) is 24.9 Å². The summed E-state index contributed by atoms with van der Waals surface area (Å²) in [4.78, 5) is 36.6. The van der Waals surface area contributed by atoms with Crippen molar-refractivity contribution in [3.05, 3.63) is 88.8 Å². The zero-order valence-corrected chi connectivity index (χ0v) is 19.0. The van der Waals surface area contributed by atoms with Gasteiger partial charge in [0.2, 0.25) is 5.91 Å². The molecule has 0 aliphatic carbocycles. The van der Waals surface area contributed by atoms with E-state index in [0.29, 0.717) is 27.5 Å². The van der Waals surface area contributed by atoms with Crippen molar-refractivity contribution < 1.29 is 14.0 Å². The van der Waals surface area contributed by atoms with Crippen LogP contribution in [0.2, 0.25) is 5.02 Å². The molecule has 0 spiro atoms. The van der Waals surface area contributed by atoms with Crippen molar-refractivity contribution in [1.82, 2.24) is 10.2 Å². The third-order valence-electron chi connectivity index (χ3n) is 5.25. The van der Waals surface area contributed by atoms with Gasteiger partial charge in [-0.15, -0.1) is 0 Å². The van der Waals surface area contributed by atoms with Crippen LogP contribution in [0.25, 0.3) is 0 Å². The van der Waals surface area contributed by atoms with E-state index in [9.17, 15) is 9.59 Å². The van der Waals surface area contributed by atoms with Crippen LogP contribution >= 0.6 is 23.4 Å². The van der Waals surface area contributed by atoms with Crippen molar-refractivity contribution in [2.45, 2.75) is 24.8 Å². The van der Waals surface area contributed by atoms with E-state index in [2.05, 4.69) is 10.3 Å². The van der Waals surface area contributed by atoms with Gasteiger partial charge in [-0.1, -0.05) is 47.6 Å². The van der Waals surface area contributed by atoms with Crippen molar-refractivity contribution in [2.24, 2.45) is 9.98 Å². The highest BCUT2D eigenvalue weighted by Gasteiger charge is 2.42. The molecule has 1 N–H and O–H groups in total. The van der Waals surface area contributed by atoms with Crippen LogP contribution in [0.4, 0.5) is 5.69 Å². The first-order chi connectivity index (χ1) is 16.1. The number of para-hydroxylation sites is 1. The maximum atomic E-state index is 13.3. The number of amidine groups is 2. The van der Waals surface area contributed by atoms with Crippen LogP contribution in [0.15, 0.2) is 81.3 Å². The molecular formula is C24H19ClN4O3S. The summed E-state index contributed by atoms with van der Waals surface area (Å²) in [6.07, 6.45) is 1.50. The number of nitrogens with zero attached hydrogens (tertiary/aromatic N) is 3. The van der Waals surface area contributed by atoms with E-state index in [1.54, 1.807) is 18.4 Å². The van der Waals surface area contributed by atoms with Crippen LogP contribution in [-0.2, 0) is 21.9 Å². The standard InChI is InChI=1S/C24H19ClN4O3S/c25-16-9-7-15(8-10-16)14-33-24-28-19-6-2-1-5-18(19)22-27-20(23(31)29(22)24)12-21(30)26-13-17-4-3-11-32-17/h1-11,20H,12-14H2,(H,26,30)/t20-/m1/s1. The van der Waals surface area contributed by atoms with E-state index in [-0.39, 0.29) is 24.8 Å². The lowest BCUT2D eigenvalue weighted by Crippen LogP contribution is -2.42. The lowest BCUT2D eigenvalue weighted by Gasteiger charge is -2.25. The molecule has 0 radical (unpaired) electrons. The number of hydrogen-bond acceptors (Lipinski definition) is 6. The first kappa shape index (κ1) is 21.5. The van der Waals surface area contributed by atoms with Crippen molar-refractivity contribution in [2.75, 3.05) is 0 Å². The van der Waals surface area contributed by atoms with Gasteiger partial charge in [-0.2, -0.15) is 0 Å². The first-order valence-corrected chi connectivity index (χ1v) is 11.7. The minimum atomic E-state index is -0.802. The van der Waals surface area contributed by atoms with Gasteiger partial charge in [0.15, 0.2) is 5.17 Å². The highest BCUT2D eigenvalue weighted by molar-refractivity contribution is 8.13. The molecule has 9 heteroatoms. The summed E-state index contributed by atoms with van der Waals surface area (Å²) >= 11 is 7.43. The third kappa shape index (κ3) is 4.58. The van der Waals surface area contributed by atoms with E-state index in [1.165, 1.54) is 16.7 Å². The van der Waals surface area contributed by atoms with Crippen LogP contribution in [0.3, 0.4) is 0 Å². The van der Waals surface area contributed by atoms with Crippen LogP contribution in [0.1, 0.15) is 23.3 Å². The molecule has 0 fully saturated rings. The van der Waals surface area contributed by atoms with Crippen molar-refractivity contribution in [3.63, 3.8) is 0 Å². The number of carbonyl (C=O) groups is 2. The zero-order valence-electron chi connectivity index (χ0n) is 17.4. The molecule has 2 amide bonds. The number of hydrogen-bond donors (Lipinski definition) is 1. The Kier molecular flexibility index (Phi) is 6.02. The molecule has 2 aromatic carbocycles. The van der Waals surface area contributed by atoms with E-state index < -0.39 is 6.04 Å². The summed E-state index contributed by atoms with van der Waals surface area (Å²) in [6, 6.07) is 17.9. The average molecular weight is 479 g/mol. The number of amides is 2. The Balaban J connectivity index is 1.34. The third-order valence-corrected chi connectivity index (χ3v) is 6.51. The summed E-state index contributed by atoms with van der Waals surface area (Å²) < 4.78 is 5.23. The van der Waals surface area contributed by atoms with Crippen molar-refractivity contribution >= 4 is 51.9 Å². The molecule has 3 heterocycles. The predicted octanol–water partition coefficient (Wildman–Crippen LogP) is 4.53. The highest BCUT2D eigenvalue weighted by atomic mass is 35.5. The number of fused-ring (bicyclic) bond motifs is 3. The number of furan rings is 1. The Hall–Kier alpha value is -3.36. The summed E-state index contributed by atoms with van der Waals surface area (Å²) in [5.41, 5.74) is 2.59. The molecule has 5 rings (SSSR count). The summed E-state index contributed by atoms with van der Waals surface area (Å²) in [5.74, 6) is 1.27. The van der Waals surface area contributed by atoms with E-state index in [0.717, 1.165) is 16.8 Å². The second-order valence-corrected chi connectivity index (χ2v) is 8.91. The first-order valence-electron chi connectivity index (χ1n) is 10.3. The minimum absolute atomic E-state index is 0.0448. The second-order valence-electron chi connectivity index (χ2n) is 7.53. The molecule has 2 aliphatic rings. The number of benzene rings is 2. The average Bonchev–Trinajstić information content (AvgIpc) is 3.46. The van der Waals surface area contributed by atoms with Crippen molar-refractivity contribution in [3.8, 4) is 0 Å². The van der Waals surface area contributed by atoms with Crippen LogP contribution in [0.5, 0.6) is 0 Å². The molecule has 0 saturated heterocycles. The van der Waals surface area contributed by atoms with Crippen molar-refractivity contribution in [1.29, 1.82) is 0 Å². The topological polar surface area (TPSA) is 87.3 Å². The number of thioether (sulfide) groups is 1. The van der Waals surface area contributed by atoms with Gasteiger partial charge < -0.3 is 9.73 Å². The Morgan fingerprint density at radius 1 is 1.12 bits per heavy atom. The fourth-order valence-corrected chi connectivity index (χ4v) is 4.69. The number of rotatable bonds is 6. The zero-order chi connectivity index (χ0) is 22.8. The number of aliphatic imine (C=N–C) groups is 2. The summed E-state index contributed by atoms with van der Waals surface area (Å²) in [6.45, 7) is 0.263. The fourth-order valence-electron chi connectivity index (χ4n) is 3.61. The lowest BCUT2D eigenvalue weighted by atomic mass is 10.1. The van der Waals surface area contributed by atoms with Gasteiger partial charge in [-0.05, 0) is 42.0 Å².